The van der Waals surface area contributed by atoms with Crippen LogP contribution in [0.4, 0.5) is 5.69 Å². The number of carboxylic acid groups (broad SMARTS) is 1. The maximum atomic E-state index is 12.7. The van der Waals surface area contributed by atoms with Crippen molar-refractivity contribution < 1.29 is 29.7 Å². The van der Waals surface area contributed by atoms with Crippen LogP contribution in [0.25, 0.3) is 0 Å². The summed E-state index contributed by atoms with van der Waals surface area (Å²) in [5.41, 5.74) is 1.74. The molecule has 12 heteroatoms. The first kappa shape index (κ1) is 28.9. The second kappa shape index (κ2) is 12.3. The Morgan fingerprint density at radius 3 is 2.54 bits per heavy atom. The molecule has 1 aliphatic rings. The zero-order chi connectivity index (χ0) is 28.7. The number of amides is 2. The molecule has 2 amide bonds. The van der Waals surface area contributed by atoms with Gasteiger partial charge in [0.1, 0.15) is 5.75 Å². The van der Waals surface area contributed by atoms with Crippen molar-refractivity contribution in [3.63, 3.8) is 0 Å². The number of phenolic OH excluding ortho intramolecular Hbond substituents is 1. The monoisotopic (exact) mass is 536 g/mol. The first-order valence-electron chi connectivity index (χ1n) is 12.3. The summed E-state index contributed by atoms with van der Waals surface area (Å²) in [5, 5.41) is 49.4. The maximum absolute atomic E-state index is 12.7. The number of phenols is 1. The van der Waals surface area contributed by atoms with E-state index < -0.39 is 42.9 Å². The number of aromatic hydroxyl groups is 1. The summed E-state index contributed by atoms with van der Waals surface area (Å²) in [6.07, 6.45) is -1.02. The second-order valence-electron chi connectivity index (χ2n) is 10.2. The van der Waals surface area contributed by atoms with E-state index in [2.05, 4.69) is 32.3 Å². The van der Waals surface area contributed by atoms with Gasteiger partial charge in [-0.05, 0) is 40.8 Å². The Morgan fingerprint density at radius 1 is 1.18 bits per heavy atom. The number of anilines is 1. The van der Waals surface area contributed by atoms with Gasteiger partial charge in [-0.25, -0.2) is 0 Å². The molecule has 0 saturated carbocycles. The third-order valence-electron chi connectivity index (χ3n) is 5.88. The molecule has 0 aromatic heterocycles. The number of guanidine groups is 1. The maximum Gasteiger partial charge on any atom is 0.305 e. The number of nitrogens with one attached hydrogen (secondary N) is 4. The van der Waals surface area contributed by atoms with Gasteiger partial charge in [-0.3, -0.25) is 19.4 Å². The van der Waals surface area contributed by atoms with Crippen LogP contribution in [0, 0.1) is 11.3 Å². The molecule has 0 radical (unpaired) electrons. The summed E-state index contributed by atoms with van der Waals surface area (Å²) in [5.74, 6) is -2.24. The zero-order valence-electron chi connectivity index (χ0n) is 21.9. The van der Waals surface area contributed by atoms with Gasteiger partial charge in [0.25, 0.3) is 5.91 Å². The minimum atomic E-state index is -1.14. The third kappa shape index (κ3) is 8.44. The quantitative estimate of drug-likeness (QED) is 0.260. The topological polar surface area (TPSA) is 196 Å². The van der Waals surface area contributed by atoms with E-state index >= 15 is 0 Å². The number of carbonyl (C=O) groups is 3. The van der Waals surface area contributed by atoms with Crippen molar-refractivity contribution in [1.29, 1.82) is 5.26 Å². The van der Waals surface area contributed by atoms with Crippen molar-refractivity contribution >= 4 is 29.4 Å². The second-order valence-corrected chi connectivity index (χ2v) is 10.2. The van der Waals surface area contributed by atoms with E-state index in [0.717, 1.165) is 5.56 Å². The molecule has 0 bridgehead atoms. The molecule has 1 heterocycles. The first-order chi connectivity index (χ1) is 18.3. The number of aliphatic hydroxyl groups excluding tert-OH is 1. The first-order valence-corrected chi connectivity index (χ1v) is 12.3. The van der Waals surface area contributed by atoms with Gasteiger partial charge in [0.15, 0.2) is 5.96 Å². The highest BCUT2D eigenvalue weighted by Crippen LogP contribution is 2.28. The molecule has 0 aliphatic carbocycles. The Kier molecular flexibility index (Phi) is 9.11. The number of hydrogen-bond acceptors (Lipinski definition) is 9. The fourth-order valence-electron chi connectivity index (χ4n) is 3.85. The van der Waals surface area contributed by atoms with Crippen LogP contribution < -0.4 is 21.3 Å². The van der Waals surface area contributed by atoms with Crippen molar-refractivity contribution in [2.75, 3.05) is 25.0 Å². The Balaban J connectivity index is 1.70. The van der Waals surface area contributed by atoms with E-state index in [4.69, 9.17) is 0 Å². The average molecular weight is 537 g/mol. The van der Waals surface area contributed by atoms with Crippen molar-refractivity contribution in [3.05, 3.63) is 58.7 Å². The van der Waals surface area contributed by atoms with Crippen molar-refractivity contribution in [2.24, 2.45) is 4.99 Å². The number of aliphatic hydroxyl groups is 1. The molecule has 39 heavy (non-hydrogen) atoms. The lowest BCUT2D eigenvalue weighted by atomic mass is 9.84. The fraction of sp³-hybridized carbons (Fsp3) is 0.370. The molecule has 3 rings (SSSR count). The number of aliphatic carboxylic acids is 1. The van der Waals surface area contributed by atoms with E-state index in [1.165, 1.54) is 24.3 Å². The molecule has 2 aromatic rings. The molecule has 2 unspecified atom stereocenters. The number of hydrogen-bond donors (Lipinski definition) is 7. The Labute approximate surface area is 225 Å². The van der Waals surface area contributed by atoms with E-state index in [1.54, 1.807) is 12.1 Å². The van der Waals surface area contributed by atoms with Crippen LogP contribution in [0.3, 0.4) is 0 Å². The lowest BCUT2D eigenvalue weighted by molar-refractivity contribution is -0.137. The van der Waals surface area contributed by atoms with Crippen LogP contribution >= 0.6 is 0 Å². The molecule has 206 valence electrons. The third-order valence-corrected chi connectivity index (χ3v) is 5.88. The molecule has 0 saturated heterocycles. The summed E-state index contributed by atoms with van der Waals surface area (Å²) < 4.78 is 0. The molecule has 0 fully saturated rings. The predicted molar refractivity (Wildman–Crippen MR) is 143 cm³/mol. The highest BCUT2D eigenvalue weighted by atomic mass is 16.4. The van der Waals surface area contributed by atoms with Crippen LogP contribution in [-0.2, 0) is 15.0 Å². The van der Waals surface area contributed by atoms with Gasteiger partial charge in [0.05, 0.1) is 43.3 Å². The van der Waals surface area contributed by atoms with E-state index in [-0.39, 0.29) is 23.3 Å². The number of carboxylic acids is 1. The summed E-state index contributed by atoms with van der Waals surface area (Å²) in [7, 11) is 0. The van der Waals surface area contributed by atoms with Crippen LogP contribution in [0.1, 0.15) is 60.3 Å². The number of nitriles is 1. The molecule has 2 atom stereocenters. The molecular formula is C27H32N6O6. The van der Waals surface area contributed by atoms with Crippen LogP contribution in [0.5, 0.6) is 5.75 Å². The lowest BCUT2D eigenvalue weighted by Crippen LogP contribution is -2.42. The number of β-amino-alcohol motifs (C(OH)–C–C–N with tert-alkyl or cyclic N) is 1. The number of carbonyl (C=O) groups excluding carboxylic acids is 2. The standard InChI is InChI=1S/C27H32N6O6/c1-27(2,3)18-5-15(11-28)4-16(6-18)22(10-24(37)38)33-23(36)14-29-25(39)17-7-19(9-20(34)8-17)32-26-30-12-21(35)13-31-26/h4-9,21-22,34-35H,10,12-14H2,1-3H3,(H,29,39)(H,33,36)(H,37,38)(H2,30,31,32). The number of nitrogens with zero attached hydrogens (tertiary/aromatic N) is 2. The van der Waals surface area contributed by atoms with E-state index in [9.17, 15) is 35.0 Å². The minimum absolute atomic E-state index is 0.0698. The summed E-state index contributed by atoms with van der Waals surface area (Å²) in [6.45, 7) is 5.92. The highest BCUT2D eigenvalue weighted by Gasteiger charge is 2.23. The zero-order valence-corrected chi connectivity index (χ0v) is 21.9. The molecule has 1 aliphatic heterocycles. The predicted octanol–water partition coefficient (Wildman–Crippen LogP) is 1.36. The van der Waals surface area contributed by atoms with Gasteiger partial charge in [0.2, 0.25) is 5.91 Å². The number of benzene rings is 2. The van der Waals surface area contributed by atoms with Gasteiger partial charge >= 0.3 is 5.97 Å². The molecule has 12 nitrogen and oxygen atoms in total. The van der Waals surface area contributed by atoms with Crippen molar-refractivity contribution in [1.82, 2.24) is 16.0 Å². The number of aliphatic imine (C=N–C) groups is 1. The Hall–Kier alpha value is -4.63. The molecule has 0 spiro atoms. The van der Waals surface area contributed by atoms with Gasteiger partial charge in [-0.1, -0.05) is 26.8 Å². The number of rotatable bonds is 8. The average Bonchev–Trinajstić information content (AvgIpc) is 2.86. The lowest BCUT2D eigenvalue weighted by Gasteiger charge is -2.23. The largest absolute Gasteiger partial charge is 0.508 e. The fourth-order valence-corrected chi connectivity index (χ4v) is 3.85. The SMILES string of the molecule is CC(C)(C)c1cc(C#N)cc(C(CC(=O)O)NC(=O)CNC(=O)c2cc(O)cc(NC3=NCC(O)CN3)c2)c1. The highest BCUT2D eigenvalue weighted by molar-refractivity contribution is 6.00. The van der Waals surface area contributed by atoms with Crippen molar-refractivity contribution in [2.45, 2.75) is 44.8 Å². The van der Waals surface area contributed by atoms with Gasteiger partial charge in [-0.2, -0.15) is 5.26 Å². The Bertz CT molecular complexity index is 1330. The van der Waals surface area contributed by atoms with Gasteiger partial charge in [-0.15, -0.1) is 0 Å². The van der Waals surface area contributed by atoms with Gasteiger partial charge < -0.3 is 36.6 Å². The van der Waals surface area contributed by atoms with E-state index in [1.807, 2.05) is 20.8 Å². The minimum Gasteiger partial charge on any atom is -0.508 e. The normalized spacial score (nSPS) is 15.7. The van der Waals surface area contributed by atoms with Crippen LogP contribution in [-0.4, -0.2) is 64.8 Å². The smallest absolute Gasteiger partial charge is 0.305 e. The van der Waals surface area contributed by atoms with Crippen molar-refractivity contribution in [3.8, 4) is 11.8 Å². The van der Waals surface area contributed by atoms with Crippen LogP contribution in [0.15, 0.2) is 41.4 Å². The molecule has 2 aromatic carbocycles. The summed E-state index contributed by atoms with van der Waals surface area (Å²) in [4.78, 5) is 41.1. The molecule has 7 N–H and O–H groups in total. The summed E-state index contributed by atoms with van der Waals surface area (Å²) in [6, 6.07) is 10.2. The van der Waals surface area contributed by atoms with Crippen LogP contribution in [0.2, 0.25) is 0 Å². The molecular weight excluding hydrogens is 504 g/mol. The van der Waals surface area contributed by atoms with Gasteiger partial charge in [0, 0.05) is 23.9 Å². The summed E-state index contributed by atoms with van der Waals surface area (Å²) >= 11 is 0. The Morgan fingerprint density at radius 2 is 1.92 bits per heavy atom. The van der Waals surface area contributed by atoms with E-state index in [0.29, 0.717) is 29.3 Å².